The van der Waals surface area contributed by atoms with Crippen molar-refractivity contribution in [2.24, 2.45) is 5.41 Å². The summed E-state index contributed by atoms with van der Waals surface area (Å²) in [4.78, 5) is 12.6. The molecule has 4 heterocycles. The topological polar surface area (TPSA) is 133 Å². The standard InChI is InChI=1S/C23H24N8O2/c1-14-7-19(29-22(25-4)27-14)28-20-9-16-8-15(5-6-31(16)30-20)17-10-21(32)26-11-18(17)33-13-23(2,3)12-24/h5-11H,13H2,1-4H3,(H,26,32)(H2,25,27,28,29,30). The van der Waals surface area contributed by atoms with Crippen LogP contribution < -0.4 is 15.4 Å². The smallest absolute Gasteiger partial charge is 0.224 e. The SMILES string of the molecule is CNc1nc(C)cc(Nc2cc3cc(-c4cc(O)ncc4OCC(C)(C)C#N)ccn3n2)n1. The monoisotopic (exact) mass is 444 g/mol. The van der Waals surface area contributed by atoms with Crippen molar-refractivity contribution in [3.63, 3.8) is 0 Å². The van der Waals surface area contributed by atoms with E-state index in [9.17, 15) is 10.4 Å². The molecule has 4 rings (SSSR count). The summed E-state index contributed by atoms with van der Waals surface area (Å²) >= 11 is 0. The van der Waals surface area contributed by atoms with Crippen LogP contribution >= 0.6 is 0 Å². The van der Waals surface area contributed by atoms with E-state index >= 15 is 0 Å². The number of anilines is 3. The van der Waals surface area contributed by atoms with E-state index in [4.69, 9.17) is 4.74 Å². The van der Waals surface area contributed by atoms with Gasteiger partial charge in [0.25, 0.3) is 0 Å². The van der Waals surface area contributed by atoms with E-state index in [2.05, 4.69) is 36.8 Å². The number of aromatic hydroxyl groups is 1. The number of nitrogens with zero attached hydrogens (tertiary/aromatic N) is 6. The van der Waals surface area contributed by atoms with E-state index < -0.39 is 5.41 Å². The van der Waals surface area contributed by atoms with E-state index in [1.165, 1.54) is 6.20 Å². The predicted octanol–water partition coefficient (Wildman–Crippen LogP) is 3.91. The molecule has 10 nitrogen and oxygen atoms in total. The number of nitriles is 1. The minimum Gasteiger partial charge on any atom is -0.493 e. The highest BCUT2D eigenvalue weighted by Crippen LogP contribution is 2.34. The second-order valence-electron chi connectivity index (χ2n) is 8.23. The van der Waals surface area contributed by atoms with Crippen LogP contribution in [0.3, 0.4) is 0 Å². The van der Waals surface area contributed by atoms with Crippen LogP contribution in [0.4, 0.5) is 17.6 Å². The summed E-state index contributed by atoms with van der Waals surface area (Å²) in [5, 5.41) is 29.9. The summed E-state index contributed by atoms with van der Waals surface area (Å²) in [5.74, 6) is 2.14. The molecule has 0 radical (unpaired) electrons. The molecule has 0 bridgehead atoms. The van der Waals surface area contributed by atoms with Crippen LogP contribution in [0.2, 0.25) is 0 Å². The zero-order valence-corrected chi connectivity index (χ0v) is 18.8. The molecule has 0 unspecified atom stereocenters. The van der Waals surface area contributed by atoms with Crippen molar-refractivity contribution in [2.75, 3.05) is 24.3 Å². The van der Waals surface area contributed by atoms with Crippen LogP contribution in [-0.2, 0) is 0 Å². The molecular formula is C23H24N8O2. The van der Waals surface area contributed by atoms with Crippen molar-refractivity contribution in [1.82, 2.24) is 24.6 Å². The van der Waals surface area contributed by atoms with Crippen molar-refractivity contribution in [1.29, 1.82) is 5.26 Å². The molecular weight excluding hydrogens is 420 g/mol. The molecule has 0 aliphatic heterocycles. The first-order valence-electron chi connectivity index (χ1n) is 10.3. The molecule has 0 aromatic carbocycles. The van der Waals surface area contributed by atoms with Gasteiger partial charge in [-0.25, -0.2) is 14.5 Å². The third-order valence-corrected chi connectivity index (χ3v) is 4.85. The summed E-state index contributed by atoms with van der Waals surface area (Å²) in [5.41, 5.74) is 2.48. The molecule has 10 heteroatoms. The number of nitrogens with one attached hydrogen (secondary N) is 2. The van der Waals surface area contributed by atoms with Crippen LogP contribution in [0.1, 0.15) is 19.5 Å². The first kappa shape index (κ1) is 21.8. The molecule has 0 amide bonds. The van der Waals surface area contributed by atoms with Gasteiger partial charge in [-0.3, -0.25) is 0 Å². The quantitative estimate of drug-likeness (QED) is 0.388. The summed E-state index contributed by atoms with van der Waals surface area (Å²) in [7, 11) is 1.77. The molecule has 0 aliphatic rings. The average Bonchev–Trinajstić information content (AvgIpc) is 3.19. The zero-order chi connectivity index (χ0) is 23.6. The van der Waals surface area contributed by atoms with Crippen molar-refractivity contribution >= 4 is 23.1 Å². The Balaban J connectivity index is 1.65. The lowest BCUT2D eigenvalue weighted by Gasteiger charge is -2.18. The summed E-state index contributed by atoms with van der Waals surface area (Å²) in [6.07, 6.45) is 3.28. The lowest BCUT2D eigenvalue weighted by atomic mass is 9.97. The third-order valence-electron chi connectivity index (χ3n) is 4.85. The number of rotatable bonds is 7. The van der Waals surface area contributed by atoms with Crippen LogP contribution in [0.5, 0.6) is 11.6 Å². The highest BCUT2D eigenvalue weighted by atomic mass is 16.5. The van der Waals surface area contributed by atoms with Crippen LogP contribution in [0, 0.1) is 23.7 Å². The van der Waals surface area contributed by atoms with Crippen molar-refractivity contribution < 1.29 is 9.84 Å². The maximum absolute atomic E-state index is 9.96. The number of ether oxygens (including phenoxy) is 1. The Morgan fingerprint density at radius 1 is 1.18 bits per heavy atom. The fourth-order valence-electron chi connectivity index (χ4n) is 3.16. The molecule has 0 saturated carbocycles. The van der Waals surface area contributed by atoms with E-state index in [1.54, 1.807) is 31.5 Å². The van der Waals surface area contributed by atoms with Crippen LogP contribution in [-0.4, -0.2) is 43.3 Å². The van der Waals surface area contributed by atoms with Crippen molar-refractivity contribution in [3.8, 4) is 28.8 Å². The number of fused-ring (bicyclic) bond motifs is 1. The van der Waals surface area contributed by atoms with Gasteiger partial charge in [0.1, 0.15) is 18.2 Å². The van der Waals surface area contributed by atoms with Gasteiger partial charge in [0.2, 0.25) is 11.8 Å². The Morgan fingerprint density at radius 2 is 2.00 bits per heavy atom. The maximum Gasteiger partial charge on any atom is 0.224 e. The van der Waals surface area contributed by atoms with Crippen LogP contribution in [0.15, 0.2) is 42.7 Å². The number of pyridine rings is 2. The van der Waals surface area contributed by atoms with Gasteiger partial charge in [-0.05, 0) is 38.5 Å². The second kappa shape index (κ2) is 8.63. The molecule has 0 aliphatic carbocycles. The number of aromatic nitrogens is 5. The molecule has 0 atom stereocenters. The maximum atomic E-state index is 9.96. The van der Waals surface area contributed by atoms with Gasteiger partial charge >= 0.3 is 0 Å². The molecule has 0 spiro atoms. The largest absolute Gasteiger partial charge is 0.493 e. The Hall–Kier alpha value is -4.39. The lowest BCUT2D eigenvalue weighted by molar-refractivity contribution is 0.227. The molecule has 168 valence electrons. The molecule has 3 N–H and O–H groups in total. The summed E-state index contributed by atoms with van der Waals surface area (Å²) in [6.45, 7) is 5.68. The van der Waals surface area contributed by atoms with E-state index in [0.717, 1.165) is 16.8 Å². The second-order valence-corrected chi connectivity index (χ2v) is 8.23. The number of hydrogen-bond donors (Lipinski definition) is 3. The Morgan fingerprint density at radius 3 is 2.76 bits per heavy atom. The Kier molecular flexibility index (Phi) is 5.70. The zero-order valence-electron chi connectivity index (χ0n) is 18.8. The molecule has 4 aromatic heterocycles. The van der Waals surface area contributed by atoms with Gasteiger partial charge < -0.3 is 20.5 Å². The number of aryl methyl sites for hydroxylation is 1. The van der Waals surface area contributed by atoms with Gasteiger partial charge in [-0.1, -0.05) is 0 Å². The third kappa shape index (κ3) is 4.93. The minimum absolute atomic E-state index is 0.118. The minimum atomic E-state index is -0.655. The highest BCUT2D eigenvalue weighted by Gasteiger charge is 2.19. The Labute approximate surface area is 190 Å². The van der Waals surface area contributed by atoms with E-state index in [-0.39, 0.29) is 12.5 Å². The fraction of sp³-hybridized carbons (Fsp3) is 0.261. The van der Waals surface area contributed by atoms with Gasteiger partial charge in [0.05, 0.1) is 23.2 Å². The van der Waals surface area contributed by atoms with Gasteiger partial charge in [-0.2, -0.15) is 15.3 Å². The van der Waals surface area contributed by atoms with Crippen LogP contribution in [0.25, 0.3) is 16.6 Å². The van der Waals surface area contributed by atoms with Crippen molar-refractivity contribution in [3.05, 3.63) is 48.4 Å². The first-order valence-corrected chi connectivity index (χ1v) is 10.3. The first-order chi connectivity index (χ1) is 15.8. The predicted molar refractivity (Wildman–Crippen MR) is 125 cm³/mol. The van der Waals surface area contributed by atoms with Gasteiger partial charge in [0, 0.05) is 42.7 Å². The van der Waals surface area contributed by atoms with E-state index in [1.807, 2.05) is 37.4 Å². The fourth-order valence-corrected chi connectivity index (χ4v) is 3.16. The molecule has 4 aromatic rings. The number of hydrogen-bond acceptors (Lipinski definition) is 9. The molecule has 0 saturated heterocycles. The van der Waals surface area contributed by atoms with Crippen molar-refractivity contribution in [2.45, 2.75) is 20.8 Å². The van der Waals surface area contributed by atoms with Gasteiger partial charge in [0.15, 0.2) is 5.82 Å². The normalized spacial score (nSPS) is 11.2. The molecule has 33 heavy (non-hydrogen) atoms. The summed E-state index contributed by atoms with van der Waals surface area (Å²) < 4.78 is 7.62. The Bertz CT molecular complexity index is 1360. The lowest BCUT2D eigenvalue weighted by Crippen LogP contribution is -2.19. The van der Waals surface area contributed by atoms with E-state index in [0.29, 0.717) is 28.9 Å². The summed E-state index contributed by atoms with van der Waals surface area (Å²) in [6, 6.07) is 11.3. The van der Waals surface area contributed by atoms with Gasteiger partial charge in [-0.15, -0.1) is 0 Å². The highest BCUT2D eigenvalue weighted by molar-refractivity contribution is 5.75. The average molecular weight is 444 g/mol. The molecule has 0 fully saturated rings.